The average molecular weight is 315 g/mol. The standard InChI is InChI=1S/C13H21N3O4S/c1-5-14-12-7-6-11(16(17)18)8-13(12)21(19,20)15-10(4)9(2)3/h6-10,14-15H,5H2,1-4H3. The third-order valence-electron chi connectivity index (χ3n) is 3.17. The number of hydrogen-bond donors (Lipinski definition) is 2. The molecule has 8 heteroatoms. The second-order valence-electron chi connectivity index (χ2n) is 5.12. The van der Waals surface area contributed by atoms with Crippen molar-refractivity contribution >= 4 is 21.4 Å². The Morgan fingerprint density at radius 3 is 2.38 bits per heavy atom. The number of non-ortho nitro benzene ring substituents is 1. The van der Waals surface area contributed by atoms with E-state index < -0.39 is 14.9 Å². The van der Waals surface area contributed by atoms with Gasteiger partial charge in [-0.3, -0.25) is 10.1 Å². The van der Waals surface area contributed by atoms with Crippen LogP contribution in [0.3, 0.4) is 0 Å². The maximum Gasteiger partial charge on any atom is 0.270 e. The minimum atomic E-state index is -3.83. The van der Waals surface area contributed by atoms with Gasteiger partial charge in [-0.1, -0.05) is 13.8 Å². The molecule has 0 aromatic heterocycles. The van der Waals surface area contributed by atoms with Gasteiger partial charge < -0.3 is 5.32 Å². The van der Waals surface area contributed by atoms with Gasteiger partial charge >= 0.3 is 0 Å². The molecule has 2 N–H and O–H groups in total. The fourth-order valence-corrected chi connectivity index (χ4v) is 3.22. The highest BCUT2D eigenvalue weighted by Gasteiger charge is 2.24. The zero-order valence-electron chi connectivity index (χ0n) is 12.6. The fourth-order valence-electron chi connectivity index (χ4n) is 1.63. The third kappa shape index (κ3) is 4.40. The lowest BCUT2D eigenvalue weighted by Gasteiger charge is -2.19. The Morgan fingerprint density at radius 2 is 1.90 bits per heavy atom. The predicted molar refractivity (Wildman–Crippen MR) is 81.9 cm³/mol. The minimum Gasteiger partial charge on any atom is -0.384 e. The van der Waals surface area contributed by atoms with Crippen molar-refractivity contribution in [1.29, 1.82) is 0 Å². The van der Waals surface area contributed by atoms with Crippen LogP contribution in [0.25, 0.3) is 0 Å². The van der Waals surface area contributed by atoms with Gasteiger partial charge in [0.25, 0.3) is 5.69 Å². The van der Waals surface area contributed by atoms with Crippen molar-refractivity contribution in [2.45, 2.75) is 38.6 Å². The van der Waals surface area contributed by atoms with Crippen molar-refractivity contribution in [3.63, 3.8) is 0 Å². The number of nitro groups is 1. The van der Waals surface area contributed by atoms with Gasteiger partial charge in [-0.2, -0.15) is 0 Å². The summed E-state index contributed by atoms with van der Waals surface area (Å²) in [5.41, 5.74) is 0.0979. The molecule has 7 nitrogen and oxygen atoms in total. The van der Waals surface area contributed by atoms with Gasteiger partial charge in [-0.15, -0.1) is 0 Å². The number of rotatable bonds is 7. The normalized spacial score (nSPS) is 13.2. The number of nitrogens with one attached hydrogen (secondary N) is 2. The molecule has 1 rings (SSSR count). The second kappa shape index (κ2) is 6.86. The molecule has 0 radical (unpaired) electrons. The van der Waals surface area contributed by atoms with Crippen LogP contribution in [0.15, 0.2) is 23.1 Å². The molecule has 21 heavy (non-hydrogen) atoms. The number of benzene rings is 1. The maximum absolute atomic E-state index is 12.4. The van der Waals surface area contributed by atoms with E-state index in [2.05, 4.69) is 10.0 Å². The number of nitro benzene ring substituents is 1. The first kappa shape index (κ1) is 17.4. The summed E-state index contributed by atoms with van der Waals surface area (Å²) in [5.74, 6) is 0.112. The Morgan fingerprint density at radius 1 is 1.29 bits per heavy atom. The van der Waals surface area contributed by atoms with E-state index in [0.717, 1.165) is 6.07 Å². The lowest BCUT2D eigenvalue weighted by Crippen LogP contribution is -2.36. The summed E-state index contributed by atoms with van der Waals surface area (Å²) in [4.78, 5) is 10.1. The number of hydrogen-bond acceptors (Lipinski definition) is 5. The lowest BCUT2D eigenvalue weighted by atomic mass is 10.1. The first-order chi connectivity index (χ1) is 9.69. The molecule has 0 aliphatic rings. The Labute approximate surface area is 124 Å². The van der Waals surface area contributed by atoms with Crippen LogP contribution in [0.2, 0.25) is 0 Å². The molecule has 1 aromatic rings. The number of anilines is 1. The molecule has 0 saturated heterocycles. The highest BCUT2D eigenvalue weighted by Crippen LogP contribution is 2.26. The number of nitrogens with zero attached hydrogens (tertiary/aromatic N) is 1. The van der Waals surface area contributed by atoms with E-state index >= 15 is 0 Å². The van der Waals surface area contributed by atoms with Gasteiger partial charge in [-0.25, -0.2) is 13.1 Å². The van der Waals surface area contributed by atoms with Gasteiger partial charge in [0, 0.05) is 24.7 Å². The molecule has 1 unspecified atom stereocenters. The zero-order valence-corrected chi connectivity index (χ0v) is 13.4. The predicted octanol–water partition coefficient (Wildman–Crippen LogP) is 2.35. The van der Waals surface area contributed by atoms with Gasteiger partial charge in [0.05, 0.1) is 10.6 Å². The van der Waals surface area contributed by atoms with Crippen molar-refractivity contribution < 1.29 is 13.3 Å². The molecule has 0 aliphatic heterocycles. The molecule has 0 fully saturated rings. The van der Waals surface area contributed by atoms with E-state index in [1.807, 2.05) is 20.8 Å². The third-order valence-corrected chi connectivity index (χ3v) is 4.77. The molecule has 0 spiro atoms. The van der Waals surface area contributed by atoms with Gasteiger partial charge in [0.15, 0.2) is 0 Å². The molecule has 0 heterocycles. The van der Waals surface area contributed by atoms with Crippen molar-refractivity contribution in [3.05, 3.63) is 28.3 Å². The van der Waals surface area contributed by atoms with Crippen LogP contribution in [-0.2, 0) is 10.0 Å². The molecule has 118 valence electrons. The molecule has 0 saturated carbocycles. The SMILES string of the molecule is CCNc1ccc([N+](=O)[O-])cc1S(=O)(=O)NC(C)C(C)C. The molecular weight excluding hydrogens is 294 g/mol. The Balaban J connectivity index is 3.30. The van der Waals surface area contributed by atoms with Crippen LogP contribution < -0.4 is 10.0 Å². The van der Waals surface area contributed by atoms with Crippen molar-refractivity contribution in [1.82, 2.24) is 4.72 Å². The van der Waals surface area contributed by atoms with Crippen LogP contribution in [-0.4, -0.2) is 25.9 Å². The summed E-state index contributed by atoms with van der Waals surface area (Å²) < 4.78 is 27.4. The van der Waals surface area contributed by atoms with Crippen LogP contribution in [0.1, 0.15) is 27.7 Å². The molecule has 0 aliphatic carbocycles. The zero-order chi connectivity index (χ0) is 16.2. The molecule has 1 atom stereocenters. The minimum absolute atomic E-state index is 0.106. The van der Waals surface area contributed by atoms with E-state index in [1.165, 1.54) is 12.1 Å². The van der Waals surface area contributed by atoms with E-state index in [1.54, 1.807) is 6.92 Å². The van der Waals surface area contributed by atoms with Crippen LogP contribution >= 0.6 is 0 Å². The van der Waals surface area contributed by atoms with Crippen LogP contribution in [0.5, 0.6) is 0 Å². The number of sulfonamides is 1. The molecule has 1 aromatic carbocycles. The van der Waals surface area contributed by atoms with Gasteiger partial charge in [0.2, 0.25) is 10.0 Å². The molecular formula is C13H21N3O4S. The average Bonchev–Trinajstić information content (AvgIpc) is 2.38. The van der Waals surface area contributed by atoms with Crippen LogP contribution in [0.4, 0.5) is 11.4 Å². The molecule has 0 bridgehead atoms. The van der Waals surface area contributed by atoms with Crippen molar-refractivity contribution in [2.24, 2.45) is 5.92 Å². The summed E-state index contributed by atoms with van der Waals surface area (Å²) in [7, 11) is -3.83. The summed E-state index contributed by atoms with van der Waals surface area (Å²) in [6.45, 7) is 7.88. The molecule has 0 amide bonds. The Kier molecular flexibility index (Phi) is 5.68. The summed E-state index contributed by atoms with van der Waals surface area (Å²) in [6, 6.07) is 3.50. The van der Waals surface area contributed by atoms with E-state index in [0.29, 0.717) is 12.2 Å². The highest BCUT2D eigenvalue weighted by molar-refractivity contribution is 7.89. The Bertz CT molecular complexity index is 614. The lowest BCUT2D eigenvalue weighted by molar-refractivity contribution is -0.385. The largest absolute Gasteiger partial charge is 0.384 e. The summed E-state index contributed by atoms with van der Waals surface area (Å²) in [6.07, 6.45) is 0. The van der Waals surface area contributed by atoms with Crippen molar-refractivity contribution in [2.75, 3.05) is 11.9 Å². The summed E-state index contributed by atoms with van der Waals surface area (Å²) >= 11 is 0. The van der Waals surface area contributed by atoms with Gasteiger partial charge in [0.1, 0.15) is 4.90 Å². The fraction of sp³-hybridized carbons (Fsp3) is 0.538. The first-order valence-electron chi connectivity index (χ1n) is 6.73. The monoisotopic (exact) mass is 315 g/mol. The van der Waals surface area contributed by atoms with Crippen LogP contribution in [0, 0.1) is 16.0 Å². The van der Waals surface area contributed by atoms with E-state index in [4.69, 9.17) is 0 Å². The van der Waals surface area contributed by atoms with Gasteiger partial charge in [-0.05, 0) is 25.8 Å². The van der Waals surface area contributed by atoms with E-state index in [-0.39, 0.29) is 22.5 Å². The highest BCUT2D eigenvalue weighted by atomic mass is 32.2. The quantitative estimate of drug-likeness (QED) is 0.594. The summed E-state index contributed by atoms with van der Waals surface area (Å²) in [5, 5.41) is 13.8. The maximum atomic E-state index is 12.4. The van der Waals surface area contributed by atoms with Crippen molar-refractivity contribution in [3.8, 4) is 0 Å². The smallest absolute Gasteiger partial charge is 0.270 e. The topological polar surface area (TPSA) is 101 Å². The Hall–Kier alpha value is -1.67. The second-order valence-corrected chi connectivity index (χ2v) is 6.80. The first-order valence-corrected chi connectivity index (χ1v) is 8.22. The van der Waals surface area contributed by atoms with E-state index in [9.17, 15) is 18.5 Å².